The van der Waals surface area contributed by atoms with Crippen molar-refractivity contribution in [2.24, 2.45) is 0 Å². The van der Waals surface area contributed by atoms with Crippen LogP contribution in [0.1, 0.15) is 38.5 Å². The second-order valence-corrected chi connectivity index (χ2v) is 9.83. The molecule has 2 aliphatic rings. The zero-order valence-electron chi connectivity index (χ0n) is 20.1. The van der Waals surface area contributed by atoms with Crippen LogP contribution in [-0.2, 0) is 4.79 Å². The first-order valence-electron chi connectivity index (χ1n) is 12.3. The molecule has 9 heteroatoms. The number of nitrogens with one attached hydrogen (secondary N) is 2. The van der Waals surface area contributed by atoms with Crippen molar-refractivity contribution in [1.29, 1.82) is 0 Å². The zero-order chi connectivity index (χ0) is 25.1. The lowest BCUT2D eigenvalue weighted by atomic mass is 10.2. The summed E-state index contributed by atoms with van der Waals surface area (Å²) in [5.74, 6) is -0.227. The van der Waals surface area contributed by atoms with E-state index < -0.39 is 5.82 Å². The van der Waals surface area contributed by atoms with Crippen molar-refractivity contribution in [1.82, 2.24) is 14.9 Å². The number of nitrogens with zero attached hydrogens (tertiary/aromatic N) is 3. The van der Waals surface area contributed by atoms with Gasteiger partial charge in [0.25, 0.3) is 0 Å². The van der Waals surface area contributed by atoms with Crippen LogP contribution in [0.4, 0.5) is 21.6 Å². The molecule has 1 aromatic heterocycles. The summed E-state index contributed by atoms with van der Waals surface area (Å²) in [5.41, 5.74) is 1.85. The Bertz CT molecular complexity index is 1290. The summed E-state index contributed by atoms with van der Waals surface area (Å²) in [6.07, 6.45) is 10.2. The van der Waals surface area contributed by atoms with Crippen LogP contribution in [0, 0.1) is 5.82 Å². The van der Waals surface area contributed by atoms with Crippen molar-refractivity contribution < 1.29 is 13.9 Å². The molecule has 0 bridgehead atoms. The number of amides is 1. The normalized spacial score (nSPS) is 16.2. The van der Waals surface area contributed by atoms with Gasteiger partial charge < -0.3 is 15.4 Å². The van der Waals surface area contributed by atoms with Crippen LogP contribution >= 0.6 is 11.6 Å². The van der Waals surface area contributed by atoms with Gasteiger partial charge >= 0.3 is 6.01 Å². The Morgan fingerprint density at radius 2 is 1.92 bits per heavy atom. The molecule has 0 radical (unpaired) electrons. The minimum absolute atomic E-state index is 0.00728. The number of anilines is 3. The summed E-state index contributed by atoms with van der Waals surface area (Å²) < 4.78 is 19.7. The van der Waals surface area contributed by atoms with E-state index in [0.717, 1.165) is 32.2 Å². The molecule has 5 rings (SSSR count). The maximum Gasteiger partial charge on any atom is 0.319 e. The highest BCUT2D eigenvalue weighted by molar-refractivity contribution is 6.31. The Balaban J connectivity index is 1.39. The van der Waals surface area contributed by atoms with Crippen molar-refractivity contribution in [2.45, 2.75) is 50.7 Å². The smallest absolute Gasteiger partial charge is 0.319 e. The van der Waals surface area contributed by atoms with E-state index in [1.54, 1.807) is 18.2 Å². The van der Waals surface area contributed by atoms with Gasteiger partial charge in [0.1, 0.15) is 17.7 Å². The summed E-state index contributed by atoms with van der Waals surface area (Å²) >= 11 is 5.98. The van der Waals surface area contributed by atoms with Gasteiger partial charge in [-0.05, 0) is 82.0 Å². The number of carbonyl (C=O) groups is 1. The van der Waals surface area contributed by atoms with Crippen LogP contribution in [0.25, 0.3) is 10.9 Å². The molecule has 1 amide bonds. The molecule has 1 heterocycles. The predicted octanol–water partition coefficient (Wildman–Crippen LogP) is 6.08. The minimum atomic E-state index is -0.499. The molecule has 2 fully saturated rings. The van der Waals surface area contributed by atoms with Crippen molar-refractivity contribution in [2.75, 3.05) is 24.2 Å². The lowest BCUT2D eigenvalue weighted by Crippen LogP contribution is -2.20. The van der Waals surface area contributed by atoms with Crippen LogP contribution in [0.15, 0.2) is 48.6 Å². The zero-order valence-corrected chi connectivity index (χ0v) is 20.9. The molecular formula is C27H29ClFN5O2. The number of benzene rings is 2. The van der Waals surface area contributed by atoms with Crippen LogP contribution in [0.3, 0.4) is 0 Å². The quantitative estimate of drug-likeness (QED) is 0.340. The molecule has 2 aromatic carbocycles. The third-order valence-corrected chi connectivity index (χ3v) is 6.82. The van der Waals surface area contributed by atoms with Crippen LogP contribution in [0.2, 0.25) is 5.02 Å². The number of aromatic nitrogens is 2. The van der Waals surface area contributed by atoms with Gasteiger partial charge in [-0.25, -0.2) is 4.39 Å². The van der Waals surface area contributed by atoms with Crippen molar-refractivity contribution in [3.05, 3.63) is 59.4 Å². The highest BCUT2D eigenvalue weighted by Gasteiger charge is 2.25. The SMILES string of the molecule is CN(CC=CC(=O)Nc1ccc2nc(OC3CCCC3)nc(Nc3ccc(F)c(Cl)c3)c2c1)C1CC1. The van der Waals surface area contributed by atoms with E-state index in [2.05, 4.69) is 32.5 Å². The highest BCUT2D eigenvalue weighted by Crippen LogP contribution is 2.31. The average Bonchev–Trinajstić information content (AvgIpc) is 3.59. The molecule has 0 aliphatic heterocycles. The van der Waals surface area contributed by atoms with E-state index in [4.69, 9.17) is 16.3 Å². The molecule has 0 atom stereocenters. The molecule has 0 unspecified atom stereocenters. The minimum Gasteiger partial charge on any atom is -0.460 e. The number of hydrogen-bond donors (Lipinski definition) is 2. The predicted molar refractivity (Wildman–Crippen MR) is 141 cm³/mol. The van der Waals surface area contributed by atoms with E-state index in [1.165, 1.54) is 25.0 Å². The Morgan fingerprint density at radius 1 is 1.14 bits per heavy atom. The van der Waals surface area contributed by atoms with Gasteiger partial charge in [-0.3, -0.25) is 9.69 Å². The fourth-order valence-corrected chi connectivity index (χ4v) is 4.55. The lowest BCUT2D eigenvalue weighted by Gasteiger charge is -2.15. The van der Waals surface area contributed by atoms with Crippen molar-refractivity contribution in [3.8, 4) is 6.01 Å². The van der Waals surface area contributed by atoms with Gasteiger partial charge in [-0.1, -0.05) is 17.7 Å². The molecule has 188 valence electrons. The maximum absolute atomic E-state index is 13.7. The van der Waals surface area contributed by atoms with E-state index in [9.17, 15) is 9.18 Å². The van der Waals surface area contributed by atoms with E-state index in [1.807, 2.05) is 18.2 Å². The molecule has 0 saturated heterocycles. The Kier molecular flexibility index (Phi) is 7.34. The van der Waals surface area contributed by atoms with Crippen LogP contribution < -0.4 is 15.4 Å². The van der Waals surface area contributed by atoms with Gasteiger partial charge in [-0.2, -0.15) is 9.97 Å². The van der Waals surface area contributed by atoms with E-state index in [0.29, 0.717) is 34.1 Å². The van der Waals surface area contributed by atoms with E-state index in [-0.39, 0.29) is 23.0 Å². The van der Waals surface area contributed by atoms with Gasteiger partial charge in [0, 0.05) is 35.4 Å². The number of hydrogen-bond acceptors (Lipinski definition) is 6. The molecule has 0 spiro atoms. The Morgan fingerprint density at radius 3 is 2.67 bits per heavy atom. The molecule has 36 heavy (non-hydrogen) atoms. The number of halogens is 2. The number of fused-ring (bicyclic) bond motifs is 1. The summed E-state index contributed by atoms with van der Waals surface area (Å²) in [7, 11) is 2.07. The van der Waals surface area contributed by atoms with Crippen LogP contribution in [0.5, 0.6) is 6.01 Å². The topological polar surface area (TPSA) is 79.4 Å². The molecular weight excluding hydrogens is 481 g/mol. The first-order chi connectivity index (χ1) is 17.4. The fourth-order valence-electron chi connectivity index (χ4n) is 4.37. The largest absolute Gasteiger partial charge is 0.460 e. The monoisotopic (exact) mass is 509 g/mol. The van der Waals surface area contributed by atoms with Gasteiger partial charge in [0.15, 0.2) is 0 Å². The third kappa shape index (κ3) is 6.12. The standard InChI is InChI=1S/C27H29ClFN5O2/c1-34(19-10-11-19)14-4-7-25(35)30-17-9-13-24-21(15-17)26(31-18-8-12-23(29)22(28)16-18)33-27(32-24)36-20-5-2-3-6-20/h4,7-9,12-13,15-16,19-20H,2-3,5-6,10-11,14H2,1H3,(H,30,35)(H,31,32,33). The number of ether oxygens (including phenoxy) is 1. The number of likely N-dealkylation sites (N-methyl/N-ethyl adjacent to an activating group) is 1. The highest BCUT2D eigenvalue weighted by atomic mass is 35.5. The maximum atomic E-state index is 13.7. The summed E-state index contributed by atoms with van der Waals surface area (Å²) in [6.45, 7) is 0.738. The van der Waals surface area contributed by atoms with Crippen molar-refractivity contribution in [3.63, 3.8) is 0 Å². The number of carbonyl (C=O) groups excluding carboxylic acids is 1. The van der Waals surface area contributed by atoms with E-state index >= 15 is 0 Å². The van der Waals surface area contributed by atoms with Crippen LogP contribution in [-0.4, -0.2) is 46.5 Å². The fraction of sp³-hybridized carbons (Fsp3) is 0.370. The summed E-state index contributed by atoms with van der Waals surface area (Å²) in [4.78, 5) is 23.9. The molecule has 2 N–H and O–H groups in total. The first-order valence-corrected chi connectivity index (χ1v) is 12.7. The molecule has 2 saturated carbocycles. The second kappa shape index (κ2) is 10.8. The molecule has 2 aliphatic carbocycles. The summed E-state index contributed by atoms with van der Waals surface area (Å²) in [6, 6.07) is 10.7. The first kappa shape index (κ1) is 24.5. The third-order valence-electron chi connectivity index (χ3n) is 6.53. The van der Waals surface area contributed by atoms with Gasteiger partial charge in [0.05, 0.1) is 10.5 Å². The lowest BCUT2D eigenvalue weighted by molar-refractivity contribution is -0.111. The molecule has 3 aromatic rings. The van der Waals surface area contributed by atoms with Gasteiger partial charge in [-0.15, -0.1) is 0 Å². The molecule has 7 nitrogen and oxygen atoms in total. The average molecular weight is 510 g/mol. The Hall–Kier alpha value is -3.23. The summed E-state index contributed by atoms with van der Waals surface area (Å²) in [5, 5.41) is 6.81. The Labute approximate surface area is 214 Å². The number of rotatable bonds is 9. The van der Waals surface area contributed by atoms with Gasteiger partial charge in [0.2, 0.25) is 5.91 Å². The second-order valence-electron chi connectivity index (χ2n) is 9.43. The van der Waals surface area contributed by atoms with Crippen molar-refractivity contribution >= 4 is 45.6 Å².